The van der Waals surface area contributed by atoms with Crippen LogP contribution in [0.3, 0.4) is 0 Å². The number of nitrogens with one attached hydrogen (secondary N) is 1. The Balaban J connectivity index is 2.25. The van der Waals surface area contributed by atoms with E-state index in [1.807, 2.05) is 5.38 Å². The van der Waals surface area contributed by atoms with Gasteiger partial charge in [0.2, 0.25) is 0 Å². The average molecular weight is 245 g/mol. The van der Waals surface area contributed by atoms with Crippen LogP contribution in [0.25, 0.3) is 0 Å². The summed E-state index contributed by atoms with van der Waals surface area (Å²) in [6, 6.07) is 5.29. The van der Waals surface area contributed by atoms with E-state index in [0.717, 1.165) is 10.8 Å². The number of aromatic nitrogens is 1. The van der Waals surface area contributed by atoms with Gasteiger partial charge in [-0.15, -0.1) is 11.3 Å². The number of hydrogen-bond donors (Lipinski definition) is 1. The summed E-state index contributed by atoms with van der Waals surface area (Å²) in [6.45, 7) is 0. The molecule has 0 atom stereocenters. The Bertz CT molecular complexity index is 408. The summed E-state index contributed by atoms with van der Waals surface area (Å²) in [5.41, 5.74) is 0.845. The van der Waals surface area contributed by atoms with Gasteiger partial charge in [-0.25, -0.2) is 4.98 Å². The van der Waals surface area contributed by atoms with Crippen molar-refractivity contribution in [1.29, 1.82) is 0 Å². The molecule has 0 aliphatic rings. The van der Waals surface area contributed by atoms with Crippen LogP contribution in [0.1, 0.15) is 0 Å². The molecule has 0 bridgehead atoms. The molecule has 0 fully saturated rings. The zero-order chi connectivity index (χ0) is 9.97. The van der Waals surface area contributed by atoms with Crippen molar-refractivity contribution in [2.24, 2.45) is 0 Å². The Morgan fingerprint density at radius 3 is 2.43 bits per heavy atom. The van der Waals surface area contributed by atoms with Crippen molar-refractivity contribution in [3.05, 3.63) is 39.8 Å². The van der Waals surface area contributed by atoms with Gasteiger partial charge in [0, 0.05) is 27.3 Å². The van der Waals surface area contributed by atoms with Gasteiger partial charge in [-0.2, -0.15) is 0 Å². The summed E-state index contributed by atoms with van der Waals surface area (Å²) >= 11 is 13.2. The van der Waals surface area contributed by atoms with Crippen LogP contribution in [-0.2, 0) is 0 Å². The average Bonchev–Trinajstić information content (AvgIpc) is 2.54. The second kappa shape index (κ2) is 4.17. The Kier molecular flexibility index (Phi) is 2.91. The van der Waals surface area contributed by atoms with E-state index in [1.54, 1.807) is 24.4 Å². The molecule has 0 spiro atoms. The standard InChI is InChI=1S/C9H6Cl2N2S/c10-6-3-7(11)5-8(4-6)13-9-12-1-2-14-9/h1-5H,(H,12,13). The molecule has 1 heterocycles. The number of thiazole rings is 1. The zero-order valence-corrected chi connectivity index (χ0v) is 9.33. The quantitative estimate of drug-likeness (QED) is 0.857. The maximum atomic E-state index is 5.85. The van der Waals surface area contributed by atoms with E-state index in [2.05, 4.69) is 10.3 Å². The number of benzene rings is 1. The van der Waals surface area contributed by atoms with E-state index in [1.165, 1.54) is 11.3 Å². The van der Waals surface area contributed by atoms with Crippen LogP contribution in [-0.4, -0.2) is 4.98 Å². The monoisotopic (exact) mass is 244 g/mol. The molecule has 0 amide bonds. The lowest BCUT2D eigenvalue weighted by Crippen LogP contribution is -1.88. The lowest BCUT2D eigenvalue weighted by atomic mass is 10.3. The van der Waals surface area contributed by atoms with Gasteiger partial charge < -0.3 is 5.32 Å². The molecule has 5 heteroatoms. The van der Waals surface area contributed by atoms with Crippen LogP contribution in [0.15, 0.2) is 29.8 Å². The summed E-state index contributed by atoms with van der Waals surface area (Å²) in [7, 11) is 0. The topological polar surface area (TPSA) is 24.9 Å². The van der Waals surface area contributed by atoms with Gasteiger partial charge in [0.25, 0.3) is 0 Å². The molecule has 0 radical (unpaired) electrons. The first-order valence-electron chi connectivity index (χ1n) is 3.86. The molecule has 1 aromatic carbocycles. The molecule has 72 valence electrons. The van der Waals surface area contributed by atoms with Crippen molar-refractivity contribution in [3.8, 4) is 0 Å². The largest absolute Gasteiger partial charge is 0.331 e. The third kappa shape index (κ3) is 2.38. The molecule has 14 heavy (non-hydrogen) atoms. The lowest BCUT2D eigenvalue weighted by Gasteiger charge is -2.03. The van der Waals surface area contributed by atoms with E-state index >= 15 is 0 Å². The first-order valence-corrected chi connectivity index (χ1v) is 5.50. The summed E-state index contributed by atoms with van der Waals surface area (Å²) in [6.07, 6.45) is 1.74. The predicted octanol–water partition coefficient (Wildman–Crippen LogP) is 4.19. The highest BCUT2D eigenvalue weighted by atomic mass is 35.5. The second-order valence-electron chi connectivity index (χ2n) is 2.62. The van der Waals surface area contributed by atoms with Gasteiger partial charge in [0.05, 0.1) is 0 Å². The summed E-state index contributed by atoms with van der Waals surface area (Å²) in [5.74, 6) is 0. The van der Waals surface area contributed by atoms with Crippen LogP contribution >= 0.6 is 34.5 Å². The van der Waals surface area contributed by atoms with Gasteiger partial charge in [-0.3, -0.25) is 0 Å². The Labute approximate surface area is 95.5 Å². The molecule has 0 aliphatic carbocycles. The lowest BCUT2D eigenvalue weighted by molar-refractivity contribution is 1.39. The highest BCUT2D eigenvalue weighted by Gasteiger charge is 1.99. The first-order chi connectivity index (χ1) is 6.74. The Hall–Kier alpha value is -0.770. The van der Waals surface area contributed by atoms with Crippen LogP contribution in [0.4, 0.5) is 10.8 Å². The third-order valence-electron chi connectivity index (χ3n) is 1.55. The van der Waals surface area contributed by atoms with Crippen molar-refractivity contribution in [1.82, 2.24) is 4.98 Å². The van der Waals surface area contributed by atoms with Crippen molar-refractivity contribution < 1.29 is 0 Å². The highest BCUT2D eigenvalue weighted by molar-refractivity contribution is 7.13. The summed E-state index contributed by atoms with van der Waals surface area (Å²) < 4.78 is 0. The Morgan fingerprint density at radius 2 is 1.86 bits per heavy atom. The highest BCUT2D eigenvalue weighted by Crippen LogP contribution is 2.25. The normalized spacial score (nSPS) is 10.1. The fraction of sp³-hybridized carbons (Fsp3) is 0. The van der Waals surface area contributed by atoms with Crippen molar-refractivity contribution >= 4 is 45.4 Å². The summed E-state index contributed by atoms with van der Waals surface area (Å²) in [5, 5.41) is 7.04. The van der Waals surface area contributed by atoms with Crippen molar-refractivity contribution in [2.75, 3.05) is 5.32 Å². The van der Waals surface area contributed by atoms with E-state index < -0.39 is 0 Å². The van der Waals surface area contributed by atoms with E-state index in [-0.39, 0.29) is 0 Å². The molecule has 0 unspecified atom stereocenters. The number of nitrogens with zero attached hydrogens (tertiary/aromatic N) is 1. The van der Waals surface area contributed by atoms with Crippen molar-refractivity contribution in [2.45, 2.75) is 0 Å². The van der Waals surface area contributed by atoms with Gasteiger partial charge >= 0.3 is 0 Å². The summed E-state index contributed by atoms with van der Waals surface area (Å²) in [4.78, 5) is 4.09. The van der Waals surface area contributed by atoms with Crippen LogP contribution < -0.4 is 5.32 Å². The molecule has 1 N–H and O–H groups in total. The molecular formula is C9H6Cl2N2S. The molecular weight excluding hydrogens is 239 g/mol. The van der Waals surface area contributed by atoms with Gasteiger partial charge in [-0.1, -0.05) is 23.2 Å². The third-order valence-corrected chi connectivity index (χ3v) is 2.67. The fourth-order valence-electron chi connectivity index (χ4n) is 1.03. The molecule has 2 nitrogen and oxygen atoms in total. The number of rotatable bonds is 2. The molecule has 0 saturated heterocycles. The first kappa shape index (κ1) is 9.77. The van der Waals surface area contributed by atoms with Gasteiger partial charge in [0.15, 0.2) is 5.13 Å². The van der Waals surface area contributed by atoms with E-state index in [9.17, 15) is 0 Å². The predicted molar refractivity (Wildman–Crippen MR) is 61.9 cm³/mol. The van der Waals surface area contributed by atoms with E-state index in [0.29, 0.717) is 10.0 Å². The smallest absolute Gasteiger partial charge is 0.187 e. The zero-order valence-electron chi connectivity index (χ0n) is 7.00. The second-order valence-corrected chi connectivity index (χ2v) is 4.39. The maximum absolute atomic E-state index is 5.85. The van der Waals surface area contributed by atoms with Crippen molar-refractivity contribution in [3.63, 3.8) is 0 Å². The minimum absolute atomic E-state index is 0.608. The van der Waals surface area contributed by atoms with Crippen LogP contribution in [0, 0.1) is 0 Å². The van der Waals surface area contributed by atoms with Crippen LogP contribution in [0.2, 0.25) is 10.0 Å². The van der Waals surface area contributed by atoms with Crippen LogP contribution in [0.5, 0.6) is 0 Å². The SMILES string of the molecule is Clc1cc(Cl)cc(Nc2nccs2)c1. The van der Waals surface area contributed by atoms with Gasteiger partial charge in [0.1, 0.15) is 0 Å². The number of halogens is 2. The molecule has 2 aromatic rings. The van der Waals surface area contributed by atoms with Gasteiger partial charge in [-0.05, 0) is 18.2 Å². The number of hydrogen-bond acceptors (Lipinski definition) is 3. The maximum Gasteiger partial charge on any atom is 0.187 e. The molecule has 2 rings (SSSR count). The Morgan fingerprint density at radius 1 is 1.14 bits per heavy atom. The minimum Gasteiger partial charge on any atom is -0.331 e. The molecule has 0 saturated carbocycles. The molecule has 0 aliphatic heterocycles. The van der Waals surface area contributed by atoms with E-state index in [4.69, 9.17) is 23.2 Å². The fourth-order valence-corrected chi connectivity index (χ4v) is 2.11. The number of anilines is 2. The molecule has 1 aromatic heterocycles. The minimum atomic E-state index is 0.608.